The Labute approximate surface area is 174 Å². The Bertz CT molecular complexity index is 984. The molecule has 1 fully saturated rings. The zero-order valence-corrected chi connectivity index (χ0v) is 16.6. The van der Waals surface area contributed by atoms with Gasteiger partial charge in [-0.15, -0.1) is 0 Å². The van der Waals surface area contributed by atoms with Crippen molar-refractivity contribution in [2.75, 3.05) is 31.1 Å². The molecule has 2 aromatic rings. The van der Waals surface area contributed by atoms with Gasteiger partial charge in [0.1, 0.15) is 5.69 Å². The lowest BCUT2D eigenvalue weighted by Gasteiger charge is -2.28. The predicted molar refractivity (Wildman–Crippen MR) is 110 cm³/mol. The number of rotatable bonds is 5. The molecule has 0 radical (unpaired) electrons. The van der Waals surface area contributed by atoms with Gasteiger partial charge in [-0.1, -0.05) is 24.3 Å². The van der Waals surface area contributed by atoms with Crippen LogP contribution in [0.1, 0.15) is 34.3 Å². The van der Waals surface area contributed by atoms with Gasteiger partial charge in [0, 0.05) is 32.2 Å². The number of nitro groups is 1. The second-order valence-corrected chi connectivity index (χ2v) is 7.56. The van der Waals surface area contributed by atoms with Crippen molar-refractivity contribution in [3.05, 3.63) is 69.3 Å². The number of hydrogen-bond acceptors (Lipinski definition) is 6. The molecule has 2 aliphatic heterocycles. The second kappa shape index (κ2) is 8.52. The SMILES string of the molecule is O=C(OCC(=O)N1CCc2ccccc2C1)c1ccc(N2CCCC2)c([N+](=O)[O-])c1. The molecule has 4 rings (SSSR count). The third-order valence-electron chi connectivity index (χ3n) is 5.66. The number of anilines is 1. The first-order valence-electron chi connectivity index (χ1n) is 10.1. The zero-order chi connectivity index (χ0) is 21.1. The molecule has 0 aromatic heterocycles. The van der Waals surface area contributed by atoms with Gasteiger partial charge in [-0.2, -0.15) is 0 Å². The molecule has 0 unspecified atom stereocenters. The predicted octanol–water partition coefficient (Wildman–Crippen LogP) is 2.94. The van der Waals surface area contributed by atoms with E-state index in [1.54, 1.807) is 11.0 Å². The Balaban J connectivity index is 1.40. The van der Waals surface area contributed by atoms with Crippen LogP contribution >= 0.6 is 0 Å². The first kappa shape index (κ1) is 19.9. The standard InChI is InChI=1S/C22H23N3O5/c26-21(24-12-9-16-5-1-2-6-18(16)14-24)15-30-22(27)17-7-8-19(20(13-17)25(28)29)23-10-3-4-11-23/h1-2,5-8,13H,3-4,9-12,14-15H2. The van der Waals surface area contributed by atoms with Crippen molar-refractivity contribution in [1.29, 1.82) is 0 Å². The largest absolute Gasteiger partial charge is 0.452 e. The van der Waals surface area contributed by atoms with Crippen molar-refractivity contribution >= 4 is 23.3 Å². The lowest BCUT2D eigenvalue weighted by atomic mass is 10.00. The van der Waals surface area contributed by atoms with Crippen LogP contribution < -0.4 is 4.90 Å². The first-order valence-corrected chi connectivity index (χ1v) is 10.1. The fourth-order valence-corrected chi connectivity index (χ4v) is 4.03. The lowest BCUT2D eigenvalue weighted by Crippen LogP contribution is -2.38. The summed E-state index contributed by atoms with van der Waals surface area (Å²) in [7, 11) is 0. The van der Waals surface area contributed by atoms with E-state index in [-0.39, 0.29) is 23.8 Å². The quantitative estimate of drug-likeness (QED) is 0.428. The van der Waals surface area contributed by atoms with Crippen molar-refractivity contribution in [2.24, 2.45) is 0 Å². The van der Waals surface area contributed by atoms with Crippen LogP contribution in [0.15, 0.2) is 42.5 Å². The van der Waals surface area contributed by atoms with E-state index in [0.717, 1.165) is 37.9 Å². The molecule has 2 aromatic carbocycles. The van der Waals surface area contributed by atoms with Crippen LogP contribution in [0.2, 0.25) is 0 Å². The van der Waals surface area contributed by atoms with E-state index in [1.165, 1.54) is 17.7 Å². The van der Waals surface area contributed by atoms with E-state index in [2.05, 4.69) is 6.07 Å². The van der Waals surface area contributed by atoms with Crippen LogP contribution in [-0.2, 0) is 22.5 Å². The number of carbonyl (C=O) groups is 2. The summed E-state index contributed by atoms with van der Waals surface area (Å²) in [6, 6.07) is 12.3. The summed E-state index contributed by atoms with van der Waals surface area (Å²) in [6.45, 7) is 2.20. The van der Waals surface area contributed by atoms with E-state index in [0.29, 0.717) is 18.8 Å². The number of ether oxygens (including phenoxy) is 1. The Morgan fingerprint density at radius 3 is 2.50 bits per heavy atom. The monoisotopic (exact) mass is 409 g/mol. The summed E-state index contributed by atoms with van der Waals surface area (Å²) in [5.74, 6) is -1.02. The number of nitrogens with zero attached hydrogens (tertiary/aromatic N) is 3. The topological polar surface area (TPSA) is 93.0 Å². The maximum absolute atomic E-state index is 12.5. The summed E-state index contributed by atoms with van der Waals surface area (Å²) in [6.07, 6.45) is 2.74. The van der Waals surface area contributed by atoms with E-state index in [1.807, 2.05) is 23.1 Å². The normalized spacial score (nSPS) is 15.6. The van der Waals surface area contributed by atoms with Gasteiger partial charge >= 0.3 is 5.97 Å². The van der Waals surface area contributed by atoms with Gasteiger partial charge in [0.2, 0.25) is 0 Å². The lowest BCUT2D eigenvalue weighted by molar-refractivity contribution is -0.384. The molecule has 156 valence electrons. The van der Waals surface area contributed by atoms with E-state index in [9.17, 15) is 19.7 Å². The van der Waals surface area contributed by atoms with Gasteiger partial charge in [-0.3, -0.25) is 14.9 Å². The van der Waals surface area contributed by atoms with Crippen molar-refractivity contribution in [3.8, 4) is 0 Å². The molecule has 0 atom stereocenters. The second-order valence-electron chi connectivity index (χ2n) is 7.56. The van der Waals surface area contributed by atoms with Crippen molar-refractivity contribution in [2.45, 2.75) is 25.8 Å². The van der Waals surface area contributed by atoms with Crippen LogP contribution in [0.5, 0.6) is 0 Å². The third-order valence-corrected chi connectivity index (χ3v) is 5.66. The Hall–Kier alpha value is -3.42. The molecule has 0 bridgehead atoms. The fraction of sp³-hybridized carbons (Fsp3) is 0.364. The van der Waals surface area contributed by atoms with Crippen molar-refractivity contribution < 1.29 is 19.2 Å². The minimum Gasteiger partial charge on any atom is -0.452 e. The highest BCUT2D eigenvalue weighted by atomic mass is 16.6. The molecule has 0 saturated carbocycles. The van der Waals surface area contributed by atoms with Crippen LogP contribution in [0.4, 0.5) is 11.4 Å². The Kier molecular flexibility index (Phi) is 5.65. The van der Waals surface area contributed by atoms with Crippen LogP contribution in [0, 0.1) is 10.1 Å². The summed E-state index contributed by atoms with van der Waals surface area (Å²) in [4.78, 5) is 39.5. The average molecular weight is 409 g/mol. The summed E-state index contributed by atoms with van der Waals surface area (Å²) >= 11 is 0. The van der Waals surface area contributed by atoms with Gasteiger partial charge in [0.15, 0.2) is 6.61 Å². The van der Waals surface area contributed by atoms with Crippen LogP contribution in [0.3, 0.4) is 0 Å². The summed E-state index contributed by atoms with van der Waals surface area (Å²) in [5.41, 5.74) is 2.78. The molecule has 8 nitrogen and oxygen atoms in total. The van der Waals surface area contributed by atoms with E-state index in [4.69, 9.17) is 4.74 Å². The highest BCUT2D eigenvalue weighted by Crippen LogP contribution is 2.31. The Morgan fingerprint density at radius 1 is 1.03 bits per heavy atom. The highest BCUT2D eigenvalue weighted by Gasteiger charge is 2.25. The minimum atomic E-state index is -0.739. The summed E-state index contributed by atoms with van der Waals surface area (Å²) in [5, 5.41) is 11.5. The number of hydrogen-bond donors (Lipinski definition) is 0. The number of carbonyl (C=O) groups excluding carboxylic acids is 2. The summed E-state index contributed by atoms with van der Waals surface area (Å²) < 4.78 is 5.16. The van der Waals surface area contributed by atoms with Gasteiger partial charge in [-0.25, -0.2) is 4.79 Å². The molecular formula is C22H23N3O5. The molecule has 1 saturated heterocycles. The van der Waals surface area contributed by atoms with Gasteiger partial charge in [0.05, 0.1) is 10.5 Å². The van der Waals surface area contributed by atoms with Crippen LogP contribution in [0.25, 0.3) is 0 Å². The maximum Gasteiger partial charge on any atom is 0.338 e. The molecule has 8 heteroatoms. The molecule has 1 amide bonds. The molecule has 30 heavy (non-hydrogen) atoms. The van der Waals surface area contributed by atoms with E-state index < -0.39 is 10.9 Å². The van der Waals surface area contributed by atoms with Gasteiger partial charge < -0.3 is 14.5 Å². The van der Waals surface area contributed by atoms with E-state index >= 15 is 0 Å². The van der Waals surface area contributed by atoms with Gasteiger partial charge in [0.25, 0.3) is 11.6 Å². The molecule has 0 spiro atoms. The molecule has 2 heterocycles. The average Bonchev–Trinajstić information content (AvgIpc) is 3.31. The number of nitro benzene ring substituents is 1. The van der Waals surface area contributed by atoms with Crippen LogP contribution in [-0.4, -0.2) is 47.9 Å². The molecule has 2 aliphatic rings. The number of benzene rings is 2. The van der Waals surface area contributed by atoms with Crippen molar-refractivity contribution in [3.63, 3.8) is 0 Å². The third kappa shape index (κ3) is 4.12. The van der Waals surface area contributed by atoms with Crippen molar-refractivity contribution in [1.82, 2.24) is 4.90 Å². The number of fused-ring (bicyclic) bond motifs is 1. The molecular weight excluding hydrogens is 386 g/mol. The molecule has 0 aliphatic carbocycles. The Morgan fingerprint density at radius 2 is 1.77 bits per heavy atom. The highest BCUT2D eigenvalue weighted by molar-refractivity contribution is 5.93. The zero-order valence-electron chi connectivity index (χ0n) is 16.6. The fourth-order valence-electron chi connectivity index (χ4n) is 4.03. The van der Waals surface area contributed by atoms with Gasteiger partial charge in [-0.05, 0) is 42.5 Å². The smallest absolute Gasteiger partial charge is 0.338 e. The number of amides is 1. The number of esters is 1. The molecule has 0 N–H and O–H groups in total. The first-order chi connectivity index (χ1) is 14.5. The maximum atomic E-state index is 12.5. The minimum absolute atomic E-state index is 0.0708.